The molecule has 0 radical (unpaired) electrons. The van der Waals surface area contributed by atoms with Crippen LogP contribution < -0.4 is 4.74 Å². The fourth-order valence-electron chi connectivity index (χ4n) is 8.98. The molecule has 12 nitrogen and oxygen atoms in total. The molecule has 3 heterocycles. The molecule has 4 rings (SSSR count). The zero-order valence-corrected chi connectivity index (χ0v) is 35.2. The summed E-state index contributed by atoms with van der Waals surface area (Å²) in [7, 11) is 3.51. The normalized spacial score (nSPS) is 44.6. The van der Waals surface area contributed by atoms with E-state index in [0.29, 0.717) is 38.0 Å². The molecule has 3 aliphatic heterocycles. The average Bonchev–Trinajstić information content (AvgIpc) is 3.11. The molecule has 0 bridgehead atoms. The van der Waals surface area contributed by atoms with Gasteiger partial charge in [0.15, 0.2) is 12.6 Å². The molecule has 3 saturated heterocycles. The van der Waals surface area contributed by atoms with Crippen molar-refractivity contribution in [3.8, 4) is 5.75 Å². The molecule has 13 heteroatoms. The summed E-state index contributed by atoms with van der Waals surface area (Å²) in [6.45, 7) is 18.8. The molecule has 3 fully saturated rings. The smallest absolute Gasteiger partial charge is 0.311 e. The fraction of sp³-hybridized carbons (Fsp3) is 0.833. The van der Waals surface area contributed by atoms with Crippen LogP contribution >= 0.6 is 0 Å². The molecule has 0 aliphatic carbocycles. The Labute approximate surface area is 328 Å². The van der Waals surface area contributed by atoms with Gasteiger partial charge in [0.05, 0.1) is 41.5 Å². The van der Waals surface area contributed by atoms with Gasteiger partial charge in [0.1, 0.15) is 35.5 Å². The van der Waals surface area contributed by atoms with Crippen LogP contribution in [0.4, 0.5) is 4.39 Å². The number of ether oxygens (including phenoxy) is 7. The van der Waals surface area contributed by atoms with Crippen LogP contribution in [0.2, 0.25) is 0 Å². The van der Waals surface area contributed by atoms with Crippen LogP contribution in [-0.2, 0) is 33.2 Å². The molecule has 0 spiro atoms. The number of esters is 1. The summed E-state index contributed by atoms with van der Waals surface area (Å²) in [5, 5.41) is 36.0. The Morgan fingerprint density at radius 1 is 0.927 bits per heavy atom. The summed E-state index contributed by atoms with van der Waals surface area (Å²) >= 11 is 0. The highest BCUT2D eigenvalue weighted by atomic mass is 19.1. The molecule has 3 aliphatic rings. The molecule has 16 atom stereocenters. The topological polar surface area (TPSA) is 146 Å². The number of halogens is 1. The Balaban J connectivity index is 1.81. The van der Waals surface area contributed by atoms with Gasteiger partial charge in [-0.1, -0.05) is 20.8 Å². The van der Waals surface area contributed by atoms with Crippen molar-refractivity contribution in [1.29, 1.82) is 0 Å². The van der Waals surface area contributed by atoms with Crippen molar-refractivity contribution in [2.24, 2.45) is 17.8 Å². The summed E-state index contributed by atoms with van der Waals surface area (Å²) in [5.74, 6) is -2.32. The SMILES string of the molecule is CC[C@H]1OC(=O)[C@H](C)[C@@H](O[C@H]2C[C@@](C)(OC)C[C@H](C)O2)[C@H](C)[C@@H](O[C@@H]2O[C@H](C)CC[C@H]2Oc2ccc(F)cc2)[C@](C)(O)C[C@@H](C)CN(C)[C@H](C)[C@@H](O)[C@]1(C)O. The number of methoxy groups -OCH3 is 1. The van der Waals surface area contributed by atoms with E-state index in [1.165, 1.54) is 19.1 Å². The predicted molar refractivity (Wildman–Crippen MR) is 205 cm³/mol. The minimum Gasteiger partial charge on any atom is -0.485 e. The van der Waals surface area contributed by atoms with Crippen molar-refractivity contribution >= 4 is 5.97 Å². The summed E-state index contributed by atoms with van der Waals surface area (Å²) in [6.07, 6.45) is -4.08. The third-order valence-corrected chi connectivity index (χ3v) is 12.3. The van der Waals surface area contributed by atoms with Gasteiger partial charge in [-0.05, 0) is 111 Å². The number of likely N-dealkylation sites (N-methyl/N-ethyl adjacent to an activating group) is 1. The highest BCUT2D eigenvalue weighted by Crippen LogP contribution is 2.40. The Morgan fingerprint density at radius 3 is 2.20 bits per heavy atom. The second-order valence-electron chi connectivity index (χ2n) is 17.6. The molecule has 0 saturated carbocycles. The van der Waals surface area contributed by atoms with Gasteiger partial charge in [-0.2, -0.15) is 0 Å². The molecule has 0 aromatic heterocycles. The molecule has 1 aromatic rings. The number of nitrogens with zero attached hydrogens (tertiary/aromatic N) is 1. The van der Waals surface area contributed by atoms with Crippen molar-refractivity contribution < 1.29 is 57.7 Å². The lowest BCUT2D eigenvalue weighted by atomic mass is 9.77. The molecule has 3 N–H and O–H groups in total. The minimum atomic E-state index is -1.78. The third kappa shape index (κ3) is 11.4. The molecule has 1 aromatic carbocycles. The zero-order chi connectivity index (χ0) is 41.0. The van der Waals surface area contributed by atoms with Crippen molar-refractivity contribution in [3.05, 3.63) is 30.1 Å². The second-order valence-corrected chi connectivity index (χ2v) is 17.6. The minimum absolute atomic E-state index is 0.123. The van der Waals surface area contributed by atoms with E-state index in [-0.39, 0.29) is 36.8 Å². The third-order valence-electron chi connectivity index (χ3n) is 12.3. The number of hydrogen-bond acceptors (Lipinski definition) is 12. The standard InChI is InChI=1S/C42H70FNO11/c1-13-33-42(10,48)36(45)29(7)44(11)23-24(2)20-41(9,47)37(55-39-32(19-14-25(3)51-39)52-31-17-15-30(43)16-18-31)27(5)35(28(6)38(46)53-33)54-34-22-40(8,49-12)21-26(4)50-34/h15-18,24-29,32-37,39,45,47-48H,13-14,19-23H2,1-12H3/t24-,25-,26+,27+,28-,29-,32-,33-,34+,35+,36-,37-,39+,40+,41-,42-/m1/s1. The summed E-state index contributed by atoms with van der Waals surface area (Å²) in [4.78, 5) is 16.2. The van der Waals surface area contributed by atoms with E-state index in [1.54, 1.807) is 40.0 Å². The number of carbonyl (C=O) groups excluding carboxylic acids is 1. The van der Waals surface area contributed by atoms with E-state index in [0.717, 1.165) is 0 Å². The lowest BCUT2D eigenvalue weighted by molar-refractivity contribution is -0.301. The quantitative estimate of drug-likeness (QED) is 0.282. The first-order chi connectivity index (χ1) is 25.6. The summed E-state index contributed by atoms with van der Waals surface area (Å²) in [5.41, 5.74) is -3.85. The Kier molecular flexibility index (Phi) is 15.6. The van der Waals surface area contributed by atoms with Crippen LogP contribution in [0.1, 0.15) is 108 Å². The lowest BCUT2D eigenvalue weighted by Crippen LogP contribution is -2.59. The van der Waals surface area contributed by atoms with Crippen molar-refractivity contribution in [2.75, 3.05) is 20.7 Å². The largest absolute Gasteiger partial charge is 0.485 e. The number of hydrogen-bond donors (Lipinski definition) is 3. The Morgan fingerprint density at radius 2 is 1.58 bits per heavy atom. The fourth-order valence-corrected chi connectivity index (χ4v) is 8.98. The van der Waals surface area contributed by atoms with Crippen LogP contribution in [0.25, 0.3) is 0 Å². The van der Waals surface area contributed by atoms with Gasteiger partial charge in [-0.15, -0.1) is 0 Å². The molecule has 55 heavy (non-hydrogen) atoms. The molecule has 316 valence electrons. The maximum atomic E-state index is 14.3. The maximum absolute atomic E-state index is 14.3. The van der Waals surface area contributed by atoms with E-state index in [9.17, 15) is 24.5 Å². The van der Waals surface area contributed by atoms with Gasteiger partial charge in [-0.3, -0.25) is 4.79 Å². The lowest BCUT2D eigenvalue weighted by Gasteiger charge is -2.47. The van der Waals surface area contributed by atoms with E-state index < -0.39 is 83.7 Å². The number of benzene rings is 1. The maximum Gasteiger partial charge on any atom is 0.311 e. The highest BCUT2D eigenvalue weighted by Gasteiger charge is 2.51. The van der Waals surface area contributed by atoms with E-state index in [4.69, 9.17) is 33.2 Å². The number of cyclic esters (lactones) is 1. The van der Waals surface area contributed by atoms with Crippen molar-refractivity contribution in [3.63, 3.8) is 0 Å². The van der Waals surface area contributed by atoms with Crippen molar-refractivity contribution in [1.82, 2.24) is 4.90 Å². The first-order valence-corrected chi connectivity index (χ1v) is 20.2. The van der Waals surface area contributed by atoms with Gasteiger partial charge in [-0.25, -0.2) is 4.39 Å². The van der Waals surface area contributed by atoms with Crippen LogP contribution in [0.15, 0.2) is 24.3 Å². The summed E-state index contributed by atoms with van der Waals surface area (Å²) in [6, 6.07) is 5.24. The highest BCUT2D eigenvalue weighted by molar-refractivity contribution is 5.73. The molecular formula is C42H70FNO11. The van der Waals surface area contributed by atoms with E-state index in [2.05, 4.69) is 0 Å². The van der Waals surface area contributed by atoms with Crippen LogP contribution in [0.3, 0.4) is 0 Å². The Hall–Kier alpha value is -1.94. The van der Waals surface area contributed by atoms with E-state index >= 15 is 0 Å². The number of carbonyl (C=O) groups is 1. The number of aliphatic hydroxyl groups excluding tert-OH is 1. The van der Waals surface area contributed by atoms with Gasteiger partial charge in [0.25, 0.3) is 0 Å². The van der Waals surface area contributed by atoms with Crippen LogP contribution in [-0.4, -0.2) is 125 Å². The van der Waals surface area contributed by atoms with Gasteiger partial charge in [0.2, 0.25) is 0 Å². The summed E-state index contributed by atoms with van der Waals surface area (Å²) < 4.78 is 58.6. The first kappa shape index (κ1) is 45.8. The molecule has 0 unspecified atom stereocenters. The predicted octanol–water partition coefficient (Wildman–Crippen LogP) is 5.62. The van der Waals surface area contributed by atoms with Crippen LogP contribution in [0, 0.1) is 23.6 Å². The average molecular weight is 784 g/mol. The van der Waals surface area contributed by atoms with Gasteiger partial charge in [0, 0.05) is 38.5 Å². The van der Waals surface area contributed by atoms with Crippen LogP contribution in [0.5, 0.6) is 5.75 Å². The van der Waals surface area contributed by atoms with Crippen molar-refractivity contribution in [2.45, 2.75) is 186 Å². The second kappa shape index (κ2) is 18.8. The van der Waals surface area contributed by atoms with Gasteiger partial charge < -0.3 is 53.4 Å². The molecule has 0 amide bonds. The number of rotatable bonds is 8. The van der Waals surface area contributed by atoms with E-state index in [1.807, 2.05) is 53.5 Å². The Bertz CT molecular complexity index is 1370. The zero-order valence-electron chi connectivity index (χ0n) is 35.2. The molecular weight excluding hydrogens is 713 g/mol. The number of aliphatic hydroxyl groups is 3. The van der Waals surface area contributed by atoms with Gasteiger partial charge >= 0.3 is 5.97 Å². The first-order valence-electron chi connectivity index (χ1n) is 20.2. The monoisotopic (exact) mass is 783 g/mol.